The third kappa shape index (κ3) is 3.07. The van der Waals surface area contributed by atoms with Crippen LogP contribution >= 0.6 is 11.8 Å². The zero-order chi connectivity index (χ0) is 22.3. The molecule has 2 heterocycles. The summed E-state index contributed by atoms with van der Waals surface area (Å²) in [5.74, 6) is 0.0567. The lowest BCUT2D eigenvalue weighted by Gasteiger charge is -2.33. The minimum atomic E-state index is -1.20. The number of rotatable bonds is 4. The molecule has 0 aromatic heterocycles. The van der Waals surface area contributed by atoms with Crippen LogP contribution in [0.5, 0.6) is 5.75 Å². The van der Waals surface area contributed by atoms with E-state index in [4.69, 9.17) is 4.74 Å². The van der Waals surface area contributed by atoms with E-state index in [1.807, 2.05) is 48.5 Å². The lowest BCUT2D eigenvalue weighted by atomic mass is 10.0. The standard InChI is InChI=1S/C25H21FN2O3S/c1-31-18-8-6-7-17(15-18)16-27-22-12-5-3-10-20(22)25(24(27)30)28(13-14-32-25)23(29)19-9-2-4-11-21(19)26/h2-12,15H,13-14,16H2,1H3/t25-/m0/s1. The first-order valence-electron chi connectivity index (χ1n) is 10.3. The molecule has 5 nitrogen and oxygen atoms in total. The van der Waals surface area contributed by atoms with Crippen molar-refractivity contribution in [1.82, 2.24) is 4.90 Å². The Morgan fingerprint density at radius 2 is 1.88 bits per heavy atom. The molecule has 0 aliphatic carbocycles. The predicted molar refractivity (Wildman–Crippen MR) is 122 cm³/mol. The second-order valence-electron chi connectivity index (χ2n) is 7.69. The molecule has 1 saturated heterocycles. The summed E-state index contributed by atoms with van der Waals surface area (Å²) >= 11 is 1.43. The van der Waals surface area contributed by atoms with E-state index < -0.39 is 16.6 Å². The topological polar surface area (TPSA) is 49.9 Å². The number of ether oxygens (including phenoxy) is 1. The van der Waals surface area contributed by atoms with Crippen molar-refractivity contribution in [1.29, 1.82) is 0 Å². The number of thioether (sulfide) groups is 1. The Morgan fingerprint density at radius 3 is 2.69 bits per heavy atom. The number of anilines is 1. The van der Waals surface area contributed by atoms with Crippen LogP contribution in [0, 0.1) is 5.82 Å². The largest absolute Gasteiger partial charge is 0.497 e. The van der Waals surface area contributed by atoms with Gasteiger partial charge in [0.1, 0.15) is 11.6 Å². The molecule has 0 bridgehead atoms. The average molecular weight is 449 g/mol. The first-order chi connectivity index (χ1) is 15.6. The maximum Gasteiger partial charge on any atom is 0.268 e. The van der Waals surface area contributed by atoms with E-state index in [1.165, 1.54) is 28.8 Å². The zero-order valence-electron chi connectivity index (χ0n) is 17.5. The molecule has 2 aliphatic rings. The van der Waals surface area contributed by atoms with Gasteiger partial charge < -0.3 is 14.5 Å². The molecule has 3 aromatic carbocycles. The smallest absolute Gasteiger partial charge is 0.268 e. The Morgan fingerprint density at radius 1 is 1.09 bits per heavy atom. The summed E-state index contributed by atoms with van der Waals surface area (Å²) < 4.78 is 19.8. The van der Waals surface area contributed by atoms with Crippen molar-refractivity contribution < 1.29 is 18.7 Å². The van der Waals surface area contributed by atoms with Gasteiger partial charge in [0.05, 0.1) is 24.9 Å². The van der Waals surface area contributed by atoms with Gasteiger partial charge in [-0.2, -0.15) is 0 Å². The van der Waals surface area contributed by atoms with Gasteiger partial charge in [0.2, 0.25) is 0 Å². The molecular formula is C25H21FN2O3S. The normalized spacial score (nSPS) is 19.5. The molecule has 1 spiro atoms. The van der Waals surface area contributed by atoms with Crippen molar-refractivity contribution in [3.63, 3.8) is 0 Å². The number of amides is 2. The summed E-state index contributed by atoms with van der Waals surface area (Å²) in [6.45, 7) is 0.710. The van der Waals surface area contributed by atoms with Gasteiger partial charge in [0.15, 0.2) is 4.87 Å². The third-order valence-electron chi connectivity index (χ3n) is 5.93. The summed E-state index contributed by atoms with van der Waals surface area (Å²) in [5.41, 5.74) is 2.42. The van der Waals surface area contributed by atoms with Crippen molar-refractivity contribution in [2.24, 2.45) is 0 Å². The lowest BCUT2D eigenvalue weighted by Crippen LogP contribution is -2.50. The highest BCUT2D eigenvalue weighted by Crippen LogP contribution is 2.54. The summed E-state index contributed by atoms with van der Waals surface area (Å²) in [7, 11) is 1.60. The molecule has 0 N–H and O–H groups in total. The van der Waals surface area contributed by atoms with E-state index in [0.717, 1.165) is 16.8 Å². The van der Waals surface area contributed by atoms with Gasteiger partial charge in [-0.05, 0) is 35.9 Å². The fourth-order valence-corrected chi connectivity index (χ4v) is 5.92. The van der Waals surface area contributed by atoms with Gasteiger partial charge in [-0.15, -0.1) is 11.8 Å². The summed E-state index contributed by atoms with van der Waals surface area (Å²) in [6, 6.07) is 21.0. The second kappa shape index (κ2) is 7.98. The van der Waals surface area contributed by atoms with Crippen LogP contribution in [-0.2, 0) is 16.2 Å². The molecule has 2 amide bonds. The average Bonchev–Trinajstić information content (AvgIpc) is 3.36. The summed E-state index contributed by atoms with van der Waals surface area (Å²) in [4.78, 5) is 29.4. The third-order valence-corrected chi connectivity index (χ3v) is 7.34. The van der Waals surface area contributed by atoms with E-state index in [1.54, 1.807) is 24.1 Å². The molecule has 0 unspecified atom stereocenters. The Hall–Kier alpha value is -3.32. The van der Waals surface area contributed by atoms with Crippen molar-refractivity contribution in [3.05, 3.63) is 95.3 Å². The van der Waals surface area contributed by atoms with E-state index in [2.05, 4.69) is 0 Å². The molecule has 5 rings (SSSR count). The van der Waals surface area contributed by atoms with Gasteiger partial charge in [-0.3, -0.25) is 9.59 Å². The van der Waals surface area contributed by atoms with Crippen LogP contribution in [0.25, 0.3) is 0 Å². The number of nitrogens with zero attached hydrogens (tertiary/aromatic N) is 2. The quantitative estimate of drug-likeness (QED) is 0.593. The molecule has 1 fully saturated rings. The summed E-state index contributed by atoms with van der Waals surface area (Å²) in [5, 5.41) is 0. The fourth-order valence-electron chi connectivity index (χ4n) is 4.46. The molecule has 0 saturated carbocycles. The molecule has 7 heteroatoms. The Bertz CT molecular complexity index is 1220. The van der Waals surface area contributed by atoms with Crippen LogP contribution in [0.2, 0.25) is 0 Å². The van der Waals surface area contributed by atoms with Crippen LogP contribution in [0.4, 0.5) is 10.1 Å². The van der Waals surface area contributed by atoms with Crippen molar-refractivity contribution in [2.75, 3.05) is 24.3 Å². The minimum absolute atomic E-state index is 0.0223. The van der Waals surface area contributed by atoms with E-state index in [0.29, 0.717) is 24.6 Å². The molecule has 32 heavy (non-hydrogen) atoms. The van der Waals surface area contributed by atoms with E-state index in [9.17, 15) is 14.0 Å². The number of carbonyl (C=O) groups excluding carboxylic acids is 2. The maximum atomic E-state index is 14.4. The minimum Gasteiger partial charge on any atom is -0.497 e. The number of benzene rings is 3. The first kappa shape index (κ1) is 20.6. The van der Waals surface area contributed by atoms with Gasteiger partial charge in [0, 0.05) is 17.9 Å². The van der Waals surface area contributed by atoms with Crippen molar-refractivity contribution in [3.8, 4) is 5.75 Å². The van der Waals surface area contributed by atoms with Crippen LogP contribution in [0.1, 0.15) is 21.5 Å². The molecule has 162 valence electrons. The molecule has 1 atom stereocenters. The number of para-hydroxylation sites is 1. The number of hydrogen-bond donors (Lipinski definition) is 0. The first-order valence-corrected chi connectivity index (χ1v) is 11.3. The zero-order valence-corrected chi connectivity index (χ0v) is 18.3. The van der Waals surface area contributed by atoms with Gasteiger partial charge in [0.25, 0.3) is 11.8 Å². The SMILES string of the molecule is COc1cccc(CN2C(=O)[C@@]3(SCCN3C(=O)c3ccccc3F)c3ccccc32)c1. The lowest BCUT2D eigenvalue weighted by molar-refractivity contribution is -0.123. The number of fused-ring (bicyclic) bond motifs is 2. The van der Waals surface area contributed by atoms with Crippen LogP contribution in [0.15, 0.2) is 72.8 Å². The number of carbonyl (C=O) groups is 2. The summed E-state index contributed by atoms with van der Waals surface area (Å²) in [6.07, 6.45) is 0. The van der Waals surface area contributed by atoms with Gasteiger partial charge in [-0.1, -0.05) is 42.5 Å². The number of hydrogen-bond acceptors (Lipinski definition) is 4. The Kier molecular flexibility index (Phi) is 5.13. The van der Waals surface area contributed by atoms with Crippen molar-refractivity contribution >= 4 is 29.3 Å². The van der Waals surface area contributed by atoms with Crippen LogP contribution in [-0.4, -0.2) is 36.1 Å². The van der Waals surface area contributed by atoms with E-state index >= 15 is 0 Å². The molecule has 2 aliphatic heterocycles. The molecule has 0 radical (unpaired) electrons. The molecular weight excluding hydrogens is 427 g/mol. The van der Waals surface area contributed by atoms with Crippen molar-refractivity contribution in [2.45, 2.75) is 11.4 Å². The van der Waals surface area contributed by atoms with Gasteiger partial charge in [-0.25, -0.2) is 4.39 Å². The highest BCUT2D eigenvalue weighted by Gasteiger charge is 2.59. The van der Waals surface area contributed by atoms with Gasteiger partial charge >= 0.3 is 0 Å². The van der Waals surface area contributed by atoms with Crippen LogP contribution < -0.4 is 9.64 Å². The fraction of sp³-hybridized carbons (Fsp3) is 0.200. The monoisotopic (exact) mass is 448 g/mol. The highest BCUT2D eigenvalue weighted by atomic mass is 32.2. The second-order valence-corrected chi connectivity index (χ2v) is 8.98. The Balaban J connectivity index is 1.57. The number of methoxy groups -OCH3 is 1. The van der Waals surface area contributed by atoms with E-state index in [-0.39, 0.29) is 11.5 Å². The maximum absolute atomic E-state index is 14.4. The number of halogens is 1. The predicted octanol–water partition coefficient (Wildman–Crippen LogP) is 4.42. The molecule has 3 aromatic rings. The van der Waals surface area contributed by atoms with Crippen LogP contribution in [0.3, 0.4) is 0 Å². The highest BCUT2D eigenvalue weighted by molar-refractivity contribution is 8.01. The Labute approximate surface area is 189 Å².